The number of carbonyl (C=O) groups is 2. The molecule has 0 aliphatic heterocycles. The molecule has 0 aliphatic rings. The third-order valence-corrected chi connectivity index (χ3v) is 6.61. The second-order valence-corrected chi connectivity index (χ2v) is 9.58. The predicted octanol–water partition coefficient (Wildman–Crippen LogP) is 4.59. The highest BCUT2D eigenvalue weighted by Gasteiger charge is 2.50. The second-order valence-electron chi connectivity index (χ2n) is 9.58. The lowest BCUT2D eigenvalue weighted by Crippen LogP contribution is -2.52. The Kier molecular flexibility index (Phi) is 9.24. The van der Waals surface area contributed by atoms with Crippen LogP contribution in [0, 0.1) is 13.8 Å². The Labute approximate surface area is 234 Å². The van der Waals surface area contributed by atoms with Crippen molar-refractivity contribution in [2.24, 2.45) is 0 Å². The van der Waals surface area contributed by atoms with Crippen LogP contribution >= 0.6 is 0 Å². The van der Waals surface area contributed by atoms with Gasteiger partial charge in [-0.3, -0.25) is 4.79 Å². The van der Waals surface area contributed by atoms with E-state index >= 15 is 0 Å². The van der Waals surface area contributed by atoms with Crippen LogP contribution in [0.4, 0.5) is 0 Å². The molecular formula is C32H33N3O5. The van der Waals surface area contributed by atoms with E-state index in [0.29, 0.717) is 35.5 Å². The first-order chi connectivity index (χ1) is 19.3. The summed E-state index contributed by atoms with van der Waals surface area (Å²) < 4.78 is 12.5. The molecule has 0 saturated heterocycles. The fourth-order valence-electron chi connectivity index (χ4n) is 4.59. The first-order valence-corrected chi connectivity index (χ1v) is 13.0. The van der Waals surface area contributed by atoms with Crippen LogP contribution in [0.1, 0.15) is 28.1 Å². The number of benzene rings is 3. The molecular weight excluding hydrogens is 506 g/mol. The monoisotopic (exact) mass is 539 g/mol. The second kappa shape index (κ2) is 13.0. The van der Waals surface area contributed by atoms with Gasteiger partial charge in [-0.15, -0.1) is 0 Å². The topological polar surface area (TPSA) is 102 Å². The largest absolute Gasteiger partial charge is 0.478 e. The highest BCUT2D eigenvalue weighted by atomic mass is 16.6. The molecule has 0 saturated carbocycles. The summed E-state index contributed by atoms with van der Waals surface area (Å²) in [5.41, 5.74) is 1.69. The van der Waals surface area contributed by atoms with Crippen LogP contribution in [0.15, 0.2) is 97.1 Å². The number of carboxylic acids is 1. The van der Waals surface area contributed by atoms with Crippen molar-refractivity contribution in [3.63, 3.8) is 0 Å². The van der Waals surface area contributed by atoms with E-state index in [9.17, 15) is 14.7 Å². The van der Waals surface area contributed by atoms with Gasteiger partial charge in [-0.1, -0.05) is 91.0 Å². The van der Waals surface area contributed by atoms with E-state index in [1.165, 1.54) is 0 Å². The first-order valence-electron chi connectivity index (χ1n) is 13.0. The van der Waals surface area contributed by atoms with Crippen LogP contribution in [-0.4, -0.2) is 58.2 Å². The van der Waals surface area contributed by atoms with E-state index < -0.39 is 17.7 Å². The maximum Gasteiger partial charge on any atom is 0.348 e. The highest BCUT2D eigenvalue weighted by molar-refractivity contribution is 5.78. The van der Waals surface area contributed by atoms with Gasteiger partial charge in [-0.25, -0.2) is 14.8 Å². The van der Waals surface area contributed by atoms with Gasteiger partial charge in [0, 0.05) is 25.0 Å². The highest BCUT2D eigenvalue weighted by Crippen LogP contribution is 2.39. The van der Waals surface area contributed by atoms with Gasteiger partial charge in [0.15, 0.2) is 5.60 Å². The summed E-state index contributed by atoms with van der Waals surface area (Å²) >= 11 is 0. The molecule has 1 amide bonds. The minimum absolute atomic E-state index is 0.0870. The first kappa shape index (κ1) is 28.4. The Balaban J connectivity index is 1.72. The van der Waals surface area contributed by atoms with Gasteiger partial charge in [-0.05, 0) is 43.0 Å². The number of aromatic nitrogens is 2. The fourth-order valence-corrected chi connectivity index (χ4v) is 4.59. The van der Waals surface area contributed by atoms with Crippen molar-refractivity contribution in [2.75, 3.05) is 20.2 Å². The van der Waals surface area contributed by atoms with Crippen LogP contribution in [0.5, 0.6) is 6.01 Å². The number of rotatable bonds is 12. The van der Waals surface area contributed by atoms with Crippen molar-refractivity contribution in [1.82, 2.24) is 14.9 Å². The van der Waals surface area contributed by atoms with Gasteiger partial charge in [-0.2, -0.15) is 0 Å². The lowest BCUT2D eigenvalue weighted by atomic mass is 9.81. The van der Waals surface area contributed by atoms with Crippen LogP contribution in [0.2, 0.25) is 0 Å². The molecule has 40 heavy (non-hydrogen) atoms. The normalized spacial score (nSPS) is 12.0. The molecule has 8 heteroatoms. The van der Waals surface area contributed by atoms with E-state index in [2.05, 4.69) is 9.97 Å². The number of amides is 1. The number of carbonyl (C=O) groups excluding carboxylic acids is 1. The van der Waals surface area contributed by atoms with E-state index in [0.717, 1.165) is 5.56 Å². The van der Waals surface area contributed by atoms with Crippen LogP contribution in [0.3, 0.4) is 0 Å². The molecule has 1 heterocycles. The molecule has 206 valence electrons. The number of aliphatic carboxylic acids is 1. The Bertz CT molecular complexity index is 1350. The van der Waals surface area contributed by atoms with Crippen molar-refractivity contribution >= 4 is 11.9 Å². The van der Waals surface area contributed by atoms with Gasteiger partial charge in [0.05, 0.1) is 0 Å². The molecule has 1 atom stereocenters. The zero-order valence-electron chi connectivity index (χ0n) is 22.9. The lowest BCUT2D eigenvalue weighted by molar-refractivity contribution is -0.169. The SMILES string of the molecule is Cc1cc(C)nc(OC(C(=O)O)C(OCC(=O)N(C)CCc2ccccc2)(c2ccccc2)c2ccccc2)n1. The molecule has 0 bridgehead atoms. The summed E-state index contributed by atoms with van der Waals surface area (Å²) in [6.45, 7) is 3.65. The molecule has 8 nitrogen and oxygen atoms in total. The van der Waals surface area contributed by atoms with E-state index in [1.54, 1.807) is 80.4 Å². The molecule has 0 spiro atoms. The predicted molar refractivity (Wildman–Crippen MR) is 151 cm³/mol. The molecule has 4 aromatic rings. The van der Waals surface area contributed by atoms with E-state index in [4.69, 9.17) is 9.47 Å². The van der Waals surface area contributed by atoms with Gasteiger partial charge < -0.3 is 19.5 Å². The molecule has 1 aromatic heterocycles. The summed E-state index contributed by atoms with van der Waals surface area (Å²) in [5, 5.41) is 10.6. The van der Waals surface area contributed by atoms with Crippen molar-refractivity contribution in [3.8, 4) is 6.01 Å². The molecule has 0 fully saturated rings. The summed E-state index contributed by atoms with van der Waals surface area (Å²) in [5.74, 6) is -1.58. The maximum absolute atomic E-state index is 13.3. The van der Waals surface area contributed by atoms with Crippen molar-refractivity contribution in [2.45, 2.75) is 32.0 Å². The number of hydrogen-bond donors (Lipinski definition) is 1. The average molecular weight is 540 g/mol. The number of likely N-dealkylation sites (N-methyl/N-ethyl adjacent to an activating group) is 1. The lowest BCUT2D eigenvalue weighted by Gasteiger charge is -2.39. The minimum Gasteiger partial charge on any atom is -0.478 e. The molecule has 3 aromatic carbocycles. The number of nitrogens with zero attached hydrogens (tertiary/aromatic N) is 3. The fraction of sp³-hybridized carbons (Fsp3) is 0.250. The van der Waals surface area contributed by atoms with Crippen molar-refractivity contribution < 1.29 is 24.2 Å². The average Bonchev–Trinajstić information content (AvgIpc) is 2.96. The van der Waals surface area contributed by atoms with Gasteiger partial charge in [0.1, 0.15) is 6.61 Å². The van der Waals surface area contributed by atoms with Gasteiger partial charge >= 0.3 is 12.0 Å². The van der Waals surface area contributed by atoms with Crippen LogP contribution in [0.25, 0.3) is 0 Å². The zero-order valence-corrected chi connectivity index (χ0v) is 22.9. The van der Waals surface area contributed by atoms with Crippen LogP contribution < -0.4 is 4.74 Å². The third-order valence-electron chi connectivity index (χ3n) is 6.61. The number of carboxylic acid groups (broad SMARTS) is 1. The van der Waals surface area contributed by atoms with Crippen LogP contribution in [-0.2, 0) is 26.3 Å². The Morgan fingerprint density at radius 3 is 1.85 bits per heavy atom. The molecule has 0 radical (unpaired) electrons. The molecule has 1 N–H and O–H groups in total. The molecule has 0 aliphatic carbocycles. The standard InChI is InChI=1S/C32H33N3O5/c1-23-21-24(2)34-31(33-23)40-29(30(37)38)32(26-15-9-5-10-16-26,27-17-11-6-12-18-27)39-22-28(36)35(3)20-19-25-13-7-4-8-14-25/h4-18,21,29H,19-20,22H2,1-3H3,(H,37,38). The summed E-state index contributed by atoms with van der Waals surface area (Å²) in [4.78, 5) is 36.4. The number of aryl methyl sites for hydroxylation is 2. The molecule has 1 unspecified atom stereocenters. The van der Waals surface area contributed by atoms with Crippen molar-refractivity contribution in [3.05, 3.63) is 125 Å². The third kappa shape index (κ3) is 6.71. The summed E-state index contributed by atoms with van der Waals surface area (Å²) in [7, 11) is 1.70. The van der Waals surface area contributed by atoms with Gasteiger partial charge in [0.2, 0.25) is 12.0 Å². The molecule has 4 rings (SSSR count). The zero-order chi connectivity index (χ0) is 28.5. The number of ether oxygens (including phenoxy) is 2. The van der Waals surface area contributed by atoms with Gasteiger partial charge in [0.25, 0.3) is 0 Å². The van der Waals surface area contributed by atoms with E-state index in [1.807, 2.05) is 42.5 Å². The Morgan fingerprint density at radius 2 is 1.35 bits per heavy atom. The number of hydrogen-bond acceptors (Lipinski definition) is 6. The summed E-state index contributed by atoms with van der Waals surface area (Å²) in [6, 6.07) is 29.4. The Morgan fingerprint density at radius 1 is 0.850 bits per heavy atom. The van der Waals surface area contributed by atoms with Crippen molar-refractivity contribution in [1.29, 1.82) is 0 Å². The summed E-state index contributed by atoms with van der Waals surface area (Å²) in [6.07, 6.45) is -0.947. The quantitative estimate of drug-likeness (QED) is 0.281. The Hall–Kier alpha value is -4.56. The smallest absolute Gasteiger partial charge is 0.348 e. The minimum atomic E-state index is -1.70. The van der Waals surface area contributed by atoms with E-state index in [-0.39, 0.29) is 18.5 Å². The maximum atomic E-state index is 13.3.